The van der Waals surface area contributed by atoms with Crippen molar-refractivity contribution in [2.45, 2.75) is 57.4 Å². The van der Waals surface area contributed by atoms with E-state index in [4.69, 9.17) is 5.73 Å². The summed E-state index contributed by atoms with van der Waals surface area (Å²) in [4.78, 5) is 12.8. The van der Waals surface area contributed by atoms with Gasteiger partial charge in [0, 0.05) is 26.2 Å². The van der Waals surface area contributed by atoms with Gasteiger partial charge in [-0.15, -0.1) is 0 Å². The molecule has 6 nitrogen and oxygen atoms in total. The molecule has 0 radical (unpaired) electrons. The van der Waals surface area contributed by atoms with Gasteiger partial charge < -0.3 is 11.1 Å². The number of rotatable bonds is 8. The van der Waals surface area contributed by atoms with Crippen LogP contribution in [0.25, 0.3) is 0 Å². The number of nitrogens with one attached hydrogen (secondary N) is 1. The summed E-state index contributed by atoms with van der Waals surface area (Å²) < 4.78 is 26.9. The Balaban J connectivity index is 2.02. The van der Waals surface area contributed by atoms with Gasteiger partial charge in [-0.3, -0.25) is 4.79 Å². The molecule has 0 spiro atoms. The van der Waals surface area contributed by atoms with Crippen molar-refractivity contribution in [1.82, 2.24) is 9.62 Å². The number of nitrogens with zero attached hydrogens (tertiary/aromatic N) is 1. The van der Waals surface area contributed by atoms with Crippen LogP contribution in [0.3, 0.4) is 0 Å². The lowest BCUT2D eigenvalue weighted by Gasteiger charge is -2.28. The van der Waals surface area contributed by atoms with E-state index in [0.717, 1.165) is 24.8 Å². The Bertz CT molecular complexity index is 683. The van der Waals surface area contributed by atoms with Crippen molar-refractivity contribution in [3.05, 3.63) is 29.8 Å². The molecular weight excluding hydrogens is 350 g/mol. The van der Waals surface area contributed by atoms with Gasteiger partial charge in [0.2, 0.25) is 15.9 Å². The summed E-state index contributed by atoms with van der Waals surface area (Å²) in [5.41, 5.74) is 6.14. The molecule has 0 atom stereocenters. The highest BCUT2D eigenvalue weighted by atomic mass is 32.2. The Labute approximate surface area is 157 Å². The second kappa shape index (κ2) is 8.97. The number of carbonyl (C=O) groups excluding carboxylic acids is 1. The van der Waals surface area contributed by atoms with Gasteiger partial charge in [0.1, 0.15) is 0 Å². The average Bonchev–Trinajstić information content (AvgIpc) is 2.69. The third kappa shape index (κ3) is 4.45. The first-order valence-corrected chi connectivity index (χ1v) is 10.9. The van der Waals surface area contributed by atoms with Crippen molar-refractivity contribution >= 4 is 15.9 Å². The van der Waals surface area contributed by atoms with Crippen molar-refractivity contribution in [2.75, 3.05) is 19.6 Å². The molecule has 3 N–H and O–H groups in total. The molecule has 1 aliphatic rings. The van der Waals surface area contributed by atoms with Crippen LogP contribution in [-0.4, -0.2) is 38.3 Å². The van der Waals surface area contributed by atoms with E-state index in [0.29, 0.717) is 43.9 Å². The molecule has 1 aromatic rings. The fourth-order valence-electron chi connectivity index (χ4n) is 3.36. The SMILES string of the molecule is CCC(CC)(CN)C(=O)NCc1ccc(S(=O)(=O)N2CCCCC2)cc1. The van der Waals surface area contributed by atoms with Gasteiger partial charge in [-0.1, -0.05) is 32.4 Å². The number of hydrogen-bond acceptors (Lipinski definition) is 4. The zero-order chi connectivity index (χ0) is 19.2. The third-order valence-electron chi connectivity index (χ3n) is 5.56. The molecule has 0 saturated carbocycles. The molecule has 146 valence electrons. The summed E-state index contributed by atoms with van der Waals surface area (Å²) in [5.74, 6) is -0.0463. The molecule has 0 aromatic heterocycles. The van der Waals surface area contributed by atoms with Gasteiger partial charge in [-0.05, 0) is 43.4 Å². The fourth-order valence-corrected chi connectivity index (χ4v) is 4.87. The minimum absolute atomic E-state index is 0.0463. The minimum Gasteiger partial charge on any atom is -0.352 e. The molecule has 26 heavy (non-hydrogen) atoms. The summed E-state index contributed by atoms with van der Waals surface area (Å²) in [6.45, 7) is 5.81. The first kappa shape index (κ1) is 20.9. The lowest BCUT2D eigenvalue weighted by Crippen LogP contribution is -2.45. The van der Waals surface area contributed by atoms with E-state index in [-0.39, 0.29) is 5.91 Å². The van der Waals surface area contributed by atoms with E-state index in [1.807, 2.05) is 13.8 Å². The van der Waals surface area contributed by atoms with E-state index >= 15 is 0 Å². The number of sulfonamides is 1. The topological polar surface area (TPSA) is 92.5 Å². The summed E-state index contributed by atoms with van der Waals surface area (Å²) in [6, 6.07) is 6.78. The first-order chi connectivity index (χ1) is 12.4. The Morgan fingerprint density at radius 3 is 2.19 bits per heavy atom. The molecule has 2 rings (SSSR count). The van der Waals surface area contributed by atoms with Gasteiger partial charge in [0.25, 0.3) is 0 Å². The van der Waals surface area contributed by atoms with Crippen molar-refractivity contribution in [3.8, 4) is 0 Å². The van der Waals surface area contributed by atoms with Gasteiger partial charge in [-0.2, -0.15) is 4.31 Å². The molecule has 1 amide bonds. The van der Waals surface area contributed by atoms with Crippen LogP contribution in [-0.2, 0) is 21.4 Å². The molecule has 0 unspecified atom stereocenters. The van der Waals surface area contributed by atoms with Gasteiger partial charge in [-0.25, -0.2) is 8.42 Å². The van der Waals surface area contributed by atoms with Gasteiger partial charge in [0.05, 0.1) is 10.3 Å². The van der Waals surface area contributed by atoms with Crippen LogP contribution in [0.1, 0.15) is 51.5 Å². The van der Waals surface area contributed by atoms with Crippen LogP contribution in [0.15, 0.2) is 29.2 Å². The highest BCUT2D eigenvalue weighted by molar-refractivity contribution is 7.89. The predicted octanol–water partition coefficient (Wildman–Crippen LogP) is 2.24. The largest absolute Gasteiger partial charge is 0.352 e. The Kier molecular flexibility index (Phi) is 7.20. The Hall–Kier alpha value is -1.44. The first-order valence-electron chi connectivity index (χ1n) is 9.47. The zero-order valence-electron chi connectivity index (χ0n) is 15.8. The normalized spacial score (nSPS) is 16.4. The summed E-state index contributed by atoms with van der Waals surface area (Å²) in [5, 5.41) is 2.94. The molecule has 1 heterocycles. The number of amides is 1. The van der Waals surface area contributed by atoms with Gasteiger partial charge in [0.15, 0.2) is 0 Å². The fraction of sp³-hybridized carbons (Fsp3) is 0.632. The summed E-state index contributed by atoms with van der Waals surface area (Å²) in [6.07, 6.45) is 4.31. The number of nitrogens with two attached hydrogens (primary N) is 1. The van der Waals surface area contributed by atoms with Crippen LogP contribution < -0.4 is 11.1 Å². The third-order valence-corrected chi connectivity index (χ3v) is 7.47. The number of hydrogen-bond donors (Lipinski definition) is 2. The van der Waals surface area contributed by atoms with Crippen LogP contribution in [0, 0.1) is 5.41 Å². The quantitative estimate of drug-likeness (QED) is 0.722. The molecule has 1 saturated heterocycles. The van der Waals surface area contributed by atoms with Crippen molar-refractivity contribution in [3.63, 3.8) is 0 Å². The smallest absolute Gasteiger partial charge is 0.243 e. The van der Waals surface area contributed by atoms with E-state index in [9.17, 15) is 13.2 Å². The molecule has 1 aromatic carbocycles. The van der Waals surface area contributed by atoms with E-state index < -0.39 is 15.4 Å². The van der Waals surface area contributed by atoms with Crippen LogP contribution in [0.4, 0.5) is 0 Å². The molecule has 7 heteroatoms. The maximum atomic E-state index is 12.7. The molecule has 1 fully saturated rings. The van der Waals surface area contributed by atoms with Crippen molar-refractivity contribution < 1.29 is 13.2 Å². The van der Waals surface area contributed by atoms with Crippen molar-refractivity contribution in [2.24, 2.45) is 11.1 Å². The van der Waals surface area contributed by atoms with Gasteiger partial charge >= 0.3 is 0 Å². The second-order valence-electron chi connectivity index (χ2n) is 6.98. The van der Waals surface area contributed by atoms with Crippen LogP contribution in [0.2, 0.25) is 0 Å². The van der Waals surface area contributed by atoms with E-state index in [1.54, 1.807) is 28.6 Å². The monoisotopic (exact) mass is 381 g/mol. The maximum Gasteiger partial charge on any atom is 0.243 e. The molecule has 0 bridgehead atoms. The zero-order valence-corrected chi connectivity index (χ0v) is 16.6. The van der Waals surface area contributed by atoms with E-state index in [2.05, 4.69) is 5.32 Å². The standard InChI is InChI=1S/C19H31N3O3S/c1-3-19(4-2,15-20)18(23)21-14-16-8-10-17(11-9-16)26(24,25)22-12-6-5-7-13-22/h8-11H,3-7,12-15,20H2,1-2H3,(H,21,23). The number of benzene rings is 1. The second-order valence-corrected chi connectivity index (χ2v) is 8.92. The van der Waals surface area contributed by atoms with Crippen molar-refractivity contribution in [1.29, 1.82) is 0 Å². The highest BCUT2D eigenvalue weighted by Gasteiger charge is 2.33. The highest BCUT2D eigenvalue weighted by Crippen LogP contribution is 2.25. The maximum absolute atomic E-state index is 12.7. The average molecular weight is 382 g/mol. The molecule has 0 aliphatic carbocycles. The molecule has 1 aliphatic heterocycles. The lowest BCUT2D eigenvalue weighted by molar-refractivity contribution is -0.131. The van der Waals surface area contributed by atoms with Crippen LogP contribution >= 0.6 is 0 Å². The van der Waals surface area contributed by atoms with E-state index in [1.165, 1.54) is 0 Å². The summed E-state index contributed by atoms with van der Waals surface area (Å²) in [7, 11) is -3.42. The lowest BCUT2D eigenvalue weighted by atomic mass is 9.81. The minimum atomic E-state index is -3.42. The Morgan fingerprint density at radius 1 is 1.12 bits per heavy atom. The number of piperidine rings is 1. The predicted molar refractivity (Wildman–Crippen MR) is 103 cm³/mol. The molecular formula is C19H31N3O3S. The summed E-state index contributed by atoms with van der Waals surface area (Å²) >= 11 is 0. The Morgan fingerprint density at radius 2 is 1.69 bits per heavy atom. The van der Waals surface area contributed by atoms with Crippen LogP contribution in [0.5, 0.6) is 0 Å². The number of carbonyl (C=O) groups is 1.